The van der Waals surface area contributed by atoms with Crippen molar-refractivity contribution < 1.29 is 33.5 Å². The third-order valence-electron chi connectivity index (χ3n) is 6.08. The molecule has 2 heterocycles. The molecule has 1 saturated heterocycles. The van der Waals surface area contributed by atoms with E-state index in [-0.39, 0.29) is 19.0 Å². The second-order valence-corrected chi connectivity index (χ2v) is 8.47. The minimum absolute atomic E-state index is 0. The van der Waals surface area contributed by atoms with Gasteiger partial charge in [0.15, 0.2) is 23.0 Å². The summed E-state index contributed by atoms with van der Waals surface area (Å²) in [4.78, 5) is 4.70. The number of nitrogens with zero attached hydrogens (tertiary/aromatic N) is 2. The van der Waals surface area contributed by atoms with E-state index >= 15 is 0 Å². The second kappa shape index (κ2) is 13.0. The van der Waals surface area contributed by atoms with Gasteiger partial charge in [-0.25, -0.2) is 0 Å². The maximum Gasteiger partial charge on any atom is 0.231 e. The minimum atomic E-state index is -0.553. The zero-order valence-electron chi connectivity index (χ0n) is 20.5. The summed E-state index contributed by atoms with van der Waals surface area (Å²) in [6, 6.07) is 9.83. The summed E-state index contributed by atoms with van der Waals surface area (Å²) in [6.45, 7) is 6.10. The predicted molar refractivity (Wildman–Crippen MR) is 133 cm³/mol. The van der Waals surface area contributed by atoms with Crippen LogP contribution >= 0.6 is 12.4 Å². The molecule has 1 unspecified atom stereocenters. The SMILES string of the molecule is COc1cc(COCC(O)CN2CCN(Cc3ccc4c(c3)OCO4)CC2)cc(OC)c1OC.Cl. The van der Waals surface area contributed by atoms with Crippen LogP contribution in [0.3, 0.4) is 0 Å². The number of piperazine rings is 1. The van der Waals surface area contributed by atoms with Crippen molar-refractivity contribution in [2.45, 2.75) is 19.3 Å². The van der Waals surface area contributed by atoms with Gasteiger partial charge in [-0.1, -0.05) is 6.07 Å². The summed E-state index contributed by atoms with van der Waals surface area (Å²) in [5, 5.41) is 10.5. The Morgan fingerprint density at radius 2 is 1.51 bits per heavy atom. The van der Waals surface area contributed by atoms with Gasteiger partial charge in [-0.05, 0) is 35.4 Å². The molecule has 0 saturated carbocycles. The molecule has 0 radical (unpaired) electrons. The molecule has 0 bridgehead atoms. The molecule has 0 spiro atoms. The Kier molecular flexibility index (Phi) is 10.1. The molecule has 10 heteroatoms. The predicted octanol–water partition coefficient (Wildman–Crippen LogP) is 2.56. The van der Waals surface area contributed by atoms with Crippen molar-refractivity contribution in [2.75, 3.05) is 67.5 Å². The normalized spacial score (nSPS) is 16.5. The topological polar surface area (TPSA) is 82.1 Å². The molecule has 9 nitrogen and oxygen atoms in total. The highest BCUT2D eigenvalue weighted by Gasteiger charge is 2.21. The molecule has 2 aromatic carbocycles. The Morgan fingerprint density at radius 3 is 2.17 bits per heavy atom. The van der Waals surface area contributed by atoms with Crippen molar-refractivity contribution in [3.63, 3.8) is 0 Å². The van der Waals surface area contributed by atoms with Crippen molar-refractivity contribution >= 4 is 12.4 Å². The lowest BCUT2D eigenvalue weighted by molar-refractivity contribution is 0.000804. The van der Waals surface area contributed by atoms with Crippen LogP contribution in [0.15, 0.2) is 30.3 Å². The quantitative estimate of drug-likeness (QED) is 0.490. The van der Waals surface area contributed by atoms with Crippen molar-refractivity contribution in [3.05, 3.63) is 41.5 Å². The van der Waals surface area contributed by atoms with E-state index in [2.05, 4.69) is 21.9 Å². The smallest absolute Gasteiger partial charge is 0.231 e. The lowest BCUT2D eigenvalue weighted by Crippen LogP contribution is -2.48. The molecular weight excluding hydrogens is 476 g/mol. The summed E-state index contributed by atoms with van der Waals surface area (Å²) < 4.78 is 32.7. The average molecular weight is 511 g/mol. The number of hydrogen-bond acceptors (Lipinski definition) is 9. The van der Waals surface area contributed by atoms with Gasteiger partial charge in [-0.3, -0.25) is 9.80 Å². The maximum atomic E-state index is 10.5. The molecule has 194 valence electrons. The molecule has 2 aromatic rings. The van der Waals surface area contributed by atoms with Gasteiger partial charge in [0.2, 0.25) is 12.5 Å². The number of benzene rings is 2. The van der Waals surface area contributed by atoms with Crippen LogP contribution in [0.4, 0.5) is 0 Å². The van der Waals surface area contributed by atoms with Gasteiger partial charge in [0, 0.05) is 39.3 Å². The molecular formula is C25H35ClN2O7. The van der Waals surface area contributed by atoms with Gasteiger partial charge in [-0.2, -0.15) is 0 Å². The third kappa shape index (κ3) is 7.05. The zero-order chi connectivity index (χ0) is 23.9. The number of fused-ring (bicyclic) bond motifs is 1. The molecule has 1 atom stereocenters. The number of β-amino-alcohol motifs (C(OH)–C–C–N with tert-alkyl or cyclic N) is 1. The van der Waals surface area contributed by atoms with Crippen LogP contribution in [0.25, 0.3) is 0 Å². The fraction of sp³-hybridized carbons (Fsp3) is 0.520. The molecule has 2 aliphatic heterocycles. The molecule has 0 aliphatic carbocycles. The van der Waals surface area contributed by atoms with Crippen molar-refractivity contribution in [1.82, 2.24) is 9.80 Å². The van der Waals surface area contributed by atoms with E-state index in [1.807, 2.05) is 18.2 Å². The number of aliphatic hydroxyl groups is 1. The summed E-state index contributed by atoms with van der Waals surface area (Å²) in [5.41, 5.74) is 2.11. The third-order valence-corrected chi connectivity index (χ3v) is 6.08. The Bertz CT molecular complexity index is 928. The largest absolute Gasteiger partial charge is 0.493 e. The Hall–Kier alpha value is -2.43. The van der Waals surface area contributed by atoms with E-state index in [1.54, 1.807) is 21.3 Å². The zero-order valence-corrected chi connectivity index (χ0v) is 21.3. The van der Waals surface area contributed by atoms with E-state index in [4.69, 9.17) is 28.4 Å². The molecule has 35 heavy (non-hydrogen) atoms. The summed E-state index contributed by atoms with van der Waals surface area (Å²) in [7, 11) is 4.74. The van der Waals surface area contributed by atoms with Crippen LogP contribution in [-0.2, 0) is 17.9 Å². The summed E-state index contributed by atoms with van der Waals surface area (Å²) in [5.74, 6) is 3.35. The van der Waals surface area contributed by atoms with Gasteiger partial charge in [0.05, 0.1) is 40.6 Å². The van der Waals surface area contributed by atoms with E-state index in [0.717, 1.165) is 49.8 Å². The molecule has 4 rings (SSSR count). The van der Waals surface area contributed by atoms with Gasteiger partial charge < -0.3 is 33.5 Å². The maximum absolute atomic E-state index is 10.5. The first-order valence-corrected chi connectivity index (χ1v) is 11.5. The van der Waals surface area contributed by atoms with Crippen LogP contribution < -0.4 is 23.7 Å². The van der Waals surface area contributed by atoms with Crippen LogP contribution in [-0.4, -0.2) is 88.5 Å². The Labute approximate surface area is 212 Å². The Balaban J connectivity index is 0.00000342. The number of rotatable bonds is 11. The van der Waals surface area contributed by atoms with Crippen molar-refractivity contribution in [1.29, 1.82) is 0 Å². The van der Waals surface area contributed by atoms with E-state index in [9.17, 15) is 5.11 Å². The number of halogens is 1. The van der Waals surface area contributed by atoms with E-state index < -0.39 is 6.10 Å². The highest BCUT2D eigenvalue weighted by molar-refractivity contribution is 5.85. The molecule has 2 aliphatic rings. The summed E-state index contributed by atoms with van der Waals surface area (Å²) in [6.07, 6.45) is -0.553. The summed E-state index contributed by atoms with van der Waals surface area (Å²) >= 11 is 0. The molecule has 1 fully saturated rings. The van der Waals surface area contributed by atoms with Crippen molar-refractivity contribution in [2.24, 2.45) is 0 Å². The van der Waals surface area contributed by atoms with E-state index in [1.165, 1.54) is 5.56 Å². The molecule has 0 amide bonds. The van der Waals surface area contributed by atoms with Crippen molar-refractivity contribution in [3.8, 4) is 28.7 Å². The lowest BCUT2D eigenvalue weighted by Gasteiger charge is -2.35. The van der Waals surface area contributed by atoms with Crippen LogP contribution in [0, 0.1) is 0 Å². The highest BCUT2D eigenvalue weighted by Crippen LogP contribution is 2.38. The first-order chi connectivity index (χ1) is 16.6. The molecule has 1 N–H and O–H groups in total. The highest BCUT2D eigenvalue weighted by atomic mass is 35.5. The lowest BCUT2D eigenvalue weighted by atomic mass is 10.1. The van der Waals surface area contributed by atoms with Gasteiger partial charge in [-0.15, -0.1) is 12.4 Å². The van der Waals surface area contributed by atoms with Gasteiger partial charge in [0.1, 0.15) is 0 Å². The number of ether oxygens (including phenoxy) is 6. The molecule has 0 aromatic heterocycles. The monoisotopic (exact) mass is 510 g/mol. The van der Waals surface area contributed by atoms with E-state index in [0.29, 0.717) is 37.2 Å². The van der Waals surface area contributed by atoms with Gasteiger partial charge >= 0.3 is 0 Å². The van der Waals surface area contributed by atoms with Gasteiger partial charge in [0.25, 0.3) is 0 Å². The standard InChI is InChI=1S/C25H34N2O7.ClH/c1-29-23-11-19(12-24(30-2)25(23)31-3)15-32-16-20(28)14-27-8-6-26(7-9-27)13-18-4-5-21-22(10-18)34-17-33-21;/h4-5,10-12,20,28H,6-9,13-17H2,1-3H3;1H. The minimum Gasteiger partial charge on any atom is -0.493 e. The number of hydrogen-bond donors (Lipinski definition) is 1. The second-order valence-electron chi connectivity index (χ2n) is 8.47. The fourth-order valence-electron chi connectivity index (χ4n) is 4.31. The first kappa shape index (κ1) is 27.2. The first-order valence-electron chi connectivity index (χ1n) is 11.5. The number of methoxy groups -OCH3 is 3. The van der Waals surface area contributed by atoms with Crippen LogP contribution in [0.5, 0.6) is 28.7 Å². The Morgan fingerprint density at radius 1 is 0.857 bits per heavy atom. The van der Waals surface area contributed by atoms with Crippen LogP contribution in [0.2, 0.25) is 0 Å². The fourth-order valence-corrected chi connectivity index (χ4v) is 4.31. The number of aliphatic hydroxyl groups excluding tert-OH is 1. The van der Waals surface area contributed by atoms with Crippen LogP contribution in [0.1, 0.15) is 11.1 Å². The average Bonchev–Trinajstić information content (AvgIpc) is 3.32.